The van der Waals surface area contributed by atoms with Gasteiger partial charge in [-0.05, 0) is 31.4 Å². The lowest BCUT2D eigenvalue weighted by molar-refractivity contribution is -0.159. The molecule has 1 aromatic carbocycles. The quantitative estimate of drug-likeness (QED) is 0.308. The Kier molecular flexibility index (Phi) is 9.97. The van der Waals surface area contributed by atoms with E-state index >= 15 is 0 Å². The Morgan fingerprint density at radius 1 is 1.11 bits per heavy atom. The van der Waals surface area contributed by atoms with E-state index < -0.39 is 55.1 Å². The predicted octanol–water partition coefficient (Wildman–Crippen LogP) is 1.29. The van der Waals surface area contributed by atoms with E-state index in [1.54, 1.807) is 12.1 Å². The molecule has 2 amide bonds. The fraction of sp³-hybridized carbons (Fsp3) is 0.423. The van der Waals surface area contributed by atoms with Crippen LogP contribution in [-0.2, 0) is 28.4 Å². The Morgan fingerprint density at radius 3 is 2.45 bits per heavy atom. The predicted molar refractivity (Wildman–Crippen MR) is 137 cm³/mol. The van der Waals surface area contributed by atoms with Crippen LogP contribution in [0.5, 0.6) is 0 Å². The van der Waals surface area contributed by atoms with Crippen molar-refractivity contribution in [3.8, 4) is 11.3 Å². The van der Waals surface area contributed by atoms with Gasteiger partial charge in [-0.15, -0.1) is 0 Å². The van der Waals surface area contributed by atoms with Crippen molar-refractivity contribution in [1.29, 1.82) is 0 Å². The van der Waals surface area contributed by atoms with Crippen molar-refractivity contribution in [3.05, 3.63) is 54.2 Å². The number of nitrogens with one attached hydrogen (secondary N) is 2. The molecule has 0 aliphatic carbocycles. The minimum Gasteiger partial charge on any atom is -0.508 e. The van der Waals surface area contributed by atoms with E-state index in [1.807, 2.05) is 44.2 Å². The summed E-state index contributed by atoms with van der Waals surface area (Å²) in [5, 5.41) is 15.6. The van der Waals surface area contributed by atoms with E-state index in [2.05, 4.69) is 20.4 Å². The third-order valence-corrected chi connectivity index (χ3v) is 5.85. The number of rotatable bonds is 10. The normalized spacial score (nSPS) is 17.7. The fourth-order valence-electron chi connectivity index (χ4n) is 3.98. The van der Waals surface area contributed by atoms with Crippen molar-refractivity contribution in [2.24, 2.45) is 5.92 Å². The number of aliphatic hydroxyl groups is 1. The van der Waals surface area contributed by atoms with Gasteiger partial charge in [0.1, 0.15) is 11.7 Å². The molecule has 3 N–H and O–H groups in total. The molecule has 3 unspecified atom stereocenters. The van der Waals surface area contributed by atoms with Gasteiger partial charge < -0.3 is 29.8 Å². The highest BCUT2D eigenvalue weighted by Crippen LogP contribution is 2.19. The number of methoxy groups -OCH3 is 1. The Hall–Kier alpha value is -3.77. The SMILES string of the molecule is COC(=O)[C@@H]1CC(=O)OB(C(CC(C)C)NC(=O)C(NC(=O)c2cccc(-c3ccccc3)n2)C(C)O)O1. The molecule has 4 atom stereocenters. The number of hydrogen-bond donors (Lipinski definition) is 3. The van der Waals surface area contributed by atoms with Crippen LogP contribution >= 0.6 is 0 Å². The van der Waals surface area contributed by atoms with Crippen molar-refractivity contribution in [2.75, 3.05) is 7.11 Å². The van der Waals surface area contributed by atoms with Crippen molar-refractivity contribution >= 4 is 30.9 Å². The maximum Gasteiger partial charge on any atom is 0.551 e. The lowest BCUT2D eigenvalue weighted by atomic mass is 9.72. The van der Waals surface area contributed by atoms with Gasteiger partial charge in [0.2, 0.25) is 5.91 Å². The molecular formula is C26H32BN3O8. The van der Waals surface area contributed by atoms with Gasteiger partial charge >= 0.3 is 13.1 Å². The lowest BCUT2D eigenvalue weighted by Gasteiger charge is -2.32. The lowest BCUT2D eigenvalue weighted by Crippen LogP contribution is -2.60. The molecule has 12 heteroatoms. The van der Waals surface area contributed by atoms with Gasteiger partial charge in [-0.1, -0.05) is 50.2 Å². The van der Waals surface area contributed by atoms with Gasteiger partial charge in [0.15, 0.2) is 6.10 Å². The van der Waals surface area contributed by atoms with Crippen LogP contribution in [0, 0.1) is 5.92 Å². The second-order valence-electron chi connectivity index (χ2n) is 9.42. The number of esters is 1. The van der Waals surface area contributed by atoms with Crippen molar-refractivity contribution in [1.82, 2.24) is 15.6 Å². The van der Waals surface area contributed by atoms with Gasteiger partial charge in [-0.25, -0.2) is 9.78 Å². The van der Waals surface area contributed by atoms with Crippen molar-refractivity contribution in [2.45, 2.75) is 57.8 Å². The van der Waals surface area contributed by atoms with Crippen molar-refractivity contribution < 1.29 is 38.3 Å². The number of amides is 2. The van der Waals surface area contributed by atoms with Crippen LogP contribution in [0.15, 0.2) is 48.5 Å². The van der Waals surface area contributed by atoms with Crippen LogP contribution < -0.4 is 10.6 Å². The van der Waals surface area contributed by atoms with E-state index in [9.17, 15) is 24.3 Å². The van der Waals surface area contributed by atoms with E-state index in [1.165, 1.54) is 20.1 Å². The van der Waals surface area contributed by atoms with E-state index in [-0.39, 0.29) is 18.0 Å². The largest absolute Gasteiger partial charge is 0.551 e. The second kappa shape index (κ2) is 13.2. The van der Waals surface area contributed by atoms with Gasteiger partial charge in [0, 0.05) is 5.56 Å². The van der Waals surface area contributed by atoms with Crippen LogP contribution in [-0.4, -0.2) is 72.3 Å². The first-order valence-corrected chi connectivity index (χ1v) is 12.3. The number of aromatic nitrogens is 1. The summed E-state index contributed by atoms with van der Waals surface area (Å²) in [5.41, 5.74) is 1.45. The molecule has 1 saturated heterocycles. The first-order chi connectivity index (χ1) is 18.1. The minimum atomic E-state index is -1.35. The number of aliphatic hydroxyl groups excluding tert-OH is 1. The fourth-order valence-corrected chi connectivity index (χ4v) is 3.98. The molecule has 202 valence electrons. The second-order valence-corrected chi connectivity index (χ2v) is 9.42. The molecule has 0 bridgehead atoms. The maximum atomic E-state index is 13.2. The Bertz CT molecular complexity index is 1140. The molecule has 3 rings (SSSR count). The zero-order chi connectivity index (χ0) is 27.8. The average Bonchev–Trinajstić information content (AvgIpc) is 2.90. The van der Waals surface area contributed by atoms with E-state index in [0.29, 0.717) is 12.1 Å². The molecule has 1 fully saturated rings. The van der Waals surface area contributed by atoms with E-state index in [4.69, 9.17) is 9.31 Å². The third kappa shape index (κ3) is 7.62. The first-order valence-electron chi connectivity index (χ1n) is 12.3. The summed E-state index contributed by atoms with van der Waals surface area (Å²) in [6, 6.07) is 12.9. The summed E-state index contributed by atoms with van der Waals surface area (Å²) in [5.74, 6) is -3.62. The Balaban J connectivity index is 1.75. The maximum absolute atomic E-state index is 13.2. The number of carbonyl (C=O) groups is 4. The van der Waals surface area contributed by atoms with Crippen LogP contribution in [0.4, 0.5) is 0 Å². The van der Waals surface area contributed by atoms with Crippen LogP contribution in [0.3, 0.4) is 0 Å². The first kappa shape index (κ1) is 28.8. The van der Waals surface area contributed by atoms with Gasteiger partial charge in [0.05, 0.1) is 31.3 Å². The summed E-state index contributed by atoms with van der Waals surface area (Å²) in [7, 11) is -0.0878. The highest BCUT2D eigenvalue weighted by Gasteiger charge is 2.45. The molecule has 11 nitrogen and oxygen atoms in total. The topological polar surface area (TPSA) is 153 Å². The molecule has 2 aromatic rings. The molecule has 1 aromatic heterocycles. The summed E-state index contributed by atoms with van der Waals surface area (Å²) in [6.07, 6.45) is -2.44. The minimum absolute atomic E-state index is 0.0330. The Labute approximate surface area is 221 Å². The molecule has 2 heterocycles. The van der Waals surface area contributed by atoms with Gasteiger partial charge in [-0.2, -0.15) is 0 Å². The average molecular weight is 525 g/mol. The number of benzene rings is 1. The van der Waals surface area contributed by atoms with Crippen molar-refractivity contribution in [3.63, 3.8) is 0 Å². The highest BCUT2D eigenvalue weighted by atomic mass is 16.6. The third-order valence-electron chi connectivity index (χ3n) is 5.85. The Morgan fingerprint density at radius 2 is 1.82 bits per heavy atom. The summed E-state index contributed by atoms with van der Waals surface area (Å²) >= 11 is 0. The number of ether oxygens (including phenoxy) is 1. The molecule has 0 saturated carbocycles. The summed E-state index contributed by atoms with van der Waals surface area (Å²) in [6.45, 7) is 5.14. The number of carbonyl (C=O) groups excluding carboxylic acids is 4. The number of hydrogen-bond acceptors (Lipinski definition) is 9. The van der Waals surface area contributed by atoms with Crippen LogP contribution in [0.25, 0.3) is 11.3 Å². The van der Waals surface area contributed by atoms with Gasteiger partial charge in [0.25, 0.3) is 11.9 Å². The zero-order valence-electron chi connectivity index (χ0n) is 21.7. The number of nitrogens with zero attached hydrogens (tertiary/aromatic N) is 1. The monoisotopic (exact) mass is 525 g/mol. The van der Waals surface area contributed by atoms with Gasteiger partial charge in [-0.3, -0.25) is 14.4 Å². The van der Waals surface area contributed by atoms with Crippen LogP contribution in [0.1, 0.15) is 44.1 Å². The molecule has 0 radical (unpaired) electrons. The highest BCUT2D eigenvalue weighted by molar-refractivity contribution is 6.50. The summed E-state index contributed by atoms with van der Waals surface area (Å²) < 4.78 is 15.6. The molecular weight excluding hydrogens is 493 g/mol. The van der Waals surface area contributed by atoms with E-state index in [0.717, 1.165) is 5.56 Å². The molecule has 1 aliphatic heterocycles. The zero-order valence-corrected chi connectivity index (χ0v) is 21.7. The smallest absolute Gasteiger partial charge is 0.508 e. The molecule has 38 heavy (non-hydrogen) atoms. The molecule has 1 aliphatic rings. The van der Waals surface area contributed by atoms with Crippen LogP contribution in [0.2, 0.25) is 0 Å². The summed E-state index contributed by atoms with van der Waals surface area (Å²) in [4.78, 5) is 54.7. The molecule has 0 spiro atoms. The number of pyridine rings is 1. The standard InChI is InChI=1S/C26H32BN3O8/c1-15(2)13-21(27-37-20(26(35)36-4)14-22(32)38-27)29-25(34)23(16(3)31)30-24(33)19-12-8-11-18(28-19)17-9-6-5-7-10-17/h5-12,15-16,20-21,23,31H,13-14H2,1-4H3,(H,29,34)(H,30,33)/t16?,20-,21?,23?/m0/s1.